The number of hydrogen-bond donors (Lipinski definition) is 1. The Morgan fingerprint density at radius 2 is 2.00 bits per heavy atom. The van der Waals surface area contributed by atoms with E-state index in [-0.39, 0.29) is 6.04 Å². The monoisotopic (exact) mass is 247 g/mol. The summed E-state index contributed by atoms with van der Waals surface area (Å²) in [6.07, 6.45) is 4.92. The molecule has 3 unspecified atom stereocenters. The maximum absolute atomic E-state index is 6.37. The summed E-state index contributed by atoms with van der Waals surface area (Å²) in [7, 11) is 0. The summed E-state index contributed by atoms with van der Waals surface area (Å²) >= 11 is 0. The molecule has 18 heavy (non-hydrogen) atoms. The summed E-state index contributed by atoms with van der Waals surface area (Å²) in [4.78, 5) is 0. The van der Waals surface area contributed by atoms with Crippen LogP contribution in [0.3, 0.4) is 0 Å². The van der Waals surface area contributed by atoms with Crippen LogP contribution in [0.2, 0.25) is 0 Å². The summed E-state index contributed by atoms with van der Waals surface area (Å²) in [5, 5.41) is 0. The highest BCUT2D eigenvalue weighted by atomic mass is 16.5. The van der Waals surface area contributed by atoms with Gasteiger partial charge in [0.25, 0.3) is 0 Å². The molecular formula is C16H25NO. The molecule has 0 aliphatic heterocycles. The molecule has 1 aromatic rings. The normalized spacial score (nSPS) is 25.1. The molecule has 0 aromatic heterocycles. The van der Waals surface area contributed by atoms with Crippen molar-refractivity contribution in [1.82, 2.24) is 0 Å². The molecule has 1 fully saturated rings. The van der Waals surface area contributed by atoms with Gasteiger partial charge in [0.1, 0.15) is 5.75 Å². The molecule has 0 spiro atoms. The fourth-order valence-electron chi connectivity index (χ4n) is 2.86. The molecule has 3 atom stereocenters. The number of nitrogens with two attached hydrogens (primary N) is 1. The maximum atomic E-state index is 6.37. The van der Waals surface area contributed by atoms with Crippen molar-refractivity contribution in [2.24, 2.45) is 17.6 Å². The lowest BCUT2D eigenvalue weighted by Crippen LogP contribution is -2.19. The minimum atomic E-state index is 0.190. The summed E-state index contributed by atoms with van der Waals surface area (Å²) in [6, 6.07) is 8.53. The van der Waals surface area contributed by atoms with Crippen molar-refractivity contribution in [2.45, 2.75) is 45.6 Å². The van der Waals surface area contributed by atoms with E-state index in [1.807, 2.05) is 12.1 Å². The number of benzene rings is 1. The first kappa shape index (κ1) is 13.4. The summed E-state index contributed by atoms with van der Waals surface area (Å²) in [6.45, 7) is 5.23. The lowest BCUT2D eigenvalue weighted by atomic mass is 9.92. The molecule has 100 valence electrons. The van der Waals surface area contributed by atoms with Gasteiger partial charge in [0.05, 0.1) is 6.61 Å². The fraction of sp³-hybridized carbons (Fsp3) is 0.625. The van der Waals surface area contributed by atoms with Crippen LogP contribution in [0.15, 0.2) is 24.3 Å². The second kappa shape index (κ2) is 6.24. The van der Waals surface area contributed by atoms with Gasteiger partial charge in [-0.3, -0.25) is 0 Å². The minimum Gasteiger partial charge on any atom is -0.494 e. The van der Waals surface area contributed by atoms with Crippen molar-refractivity contribution in [2.75, 3.05) is 6.61 Å². The Morgan fingerprint density at radius 1 is 1.28 bits per heavy atom. The van der Waals surface area contributed by atoms with Crippen LogP contribution in [-0.4, -0.2) is 6.61 Å². The van der Waals surface area contributed by atoms with E-state index in [0.29, 0.717) is 5.92 Å². The topological polar surface area (TPSA) is 35.2 Å². The van der Waals surface area contributed by atoms with Crippen molar-refractivity contribution < 1.29 is 4.74 Å². The van der Waals surface area contributed by atoms with Crippen LogP contribution in [0.5, 0.6) is 5.75 Å². The first-order valence-corrected chi connectivity index (χ1v) is 7.19. The van der Waals surface area contributed by atoms with Gasteiger partial charge in [0, 0.05) is 6.04 Å². The lowest BCUT2D eigenvalue weighted by Gasteiger charge is -2.20. The van der Waals surface area contributed by atoms with E-state index in [1.54, 1.807) is 0 Å². The summed E-state index contributed by atoms with van der Waals surface area (Å²) in [5.41, 5.74) is 7.62. The molecule has 2 nitrogen and oxygen atoms in total. The van der Waals surface area contributed by atoms with Crippen molar-refractivity contribution in [1.29, 1.82) is 0 Å². The average molecular weight is 247 g/mol. The highest BCUT2D eigenvalue weighted by molar-refractivity contribution is 5.29. The van der Waals surface area contributed by atoms with Crippen LogP contribution in [0.25, 0.3) is 0 Å². The van der Waals surface area contributed by atoms with E-state index in [2.05, 4.69) is 26.0 Å². The second-order valence-electron chi connectivity index (χ2n) is 5.62. The zero-order valence-corrected chi connectivity index (χ0v) is 11.6. The summed E-state index contributed by atoms with van der Waals surface area (Å²) in [5.74, 6) is 2.45. The largest absolute Gasteiger partial charge is 0.494 e. The Labute approximate surface area is 111 Å². The van der Waals surface area contributed by atoms with E-state index < -0.39 is 0 Å². The third-order valence-corrected chi connectivity index (χ3v) is 3.98. The lowest BCUT2D eigenvalue weighted by molar-refractivity contribution is 0.317. The average Bonchev–Trinajstić information content (AvgIpc) is 2.83. The van der Waals surface area contributed by atoms with Crippen LogP contribution in [0.1, 0.15) is 51.1 Å². The molecule has 0 heterocycles. The molecule has 2 N–H and O–H groups in total. The molecule has 0 saturated heterocycles. The maximum Gasteiger partial charge on any atom is 0.119 e. The van der Waals surface area contributed by atoms with Crippen LogP contribution >= 0.6 is 0 Å². The van der Waals surface area contributed by atoms with Gasteiger partial charge in [-0.1, -0.05) is 32.4 Å². The van der Waals surface area contributed by atoms with E-state index in [4.69, 9.17) is 10.5 Å². The molecule has 1 aliphatic rings. The van der Waals surface area contributed by atoms with Crippen molar-refractivity contribution in [3.63, 3.8) is 0 Å². The smallest absolute Gasteiger partial charge is 0.119 e. The van der Waals surface area contributed by atoms with Gasteiger partial charge in [0.2, 0.25) is 0 Å². The first-order valence-electron chi connectivity index (χ1n) is 7.19. The predicted molar refractivity (Wildman–Crippen MR) is 75.7 cm³/mol. The second-order valence-corrected chi connectivity index (χ2v) is 5.62. The molecular weight excluding hydrogens is 222 g/mol. The molecule has 2 heteroatoms. The summed E-state index contributed by atoms with van der Waals surface area (Å²) < 4.78 is 5.59. The van der Waals surface area contributed by atoms with Crippen LogP contribution in [-0.2, 0) is 0 Å². The molecule has 1 aliphatic carbocycles. The standard InChI is InChI=1S/C16H25NO/c1-3-10-18-15-8-6-13(7-9-15)16(17)14-5-4-12(2)11-14/h6-9,12,14,16H,3-5,10-11,17H2,1-2H3. The molecule has 2 rings (SSSR count). The Kier molecular flexibility index (Phi) is 4.65. The number of ether oxygens (including phenoxy) is 1. The predicted octanol–water partition coefficient (Wildman–Crippen LogP) is 3.91. The third kappa shape index (κ3) is 3.26. The molecule has 1 saturated carbocycles. The van der Waals surface area contributed by atoms with Gasteiger partial charge >= 0.3 is 0 Å². The third-order valence-electron chi connectivity index (χ3n) is 3.98. The Balaban J connectivity index is 1.96. The first-order chi connectivity index (χ1) is 8.70. The van der Waals surface area contributed by atoms with Crippen LogP contribution in [0, 0.1) is 11.8 Å². The van der Waals surface area contributed by atoms with Gasteiger partial charge in [-0.25, -0.2) is 0 Å². The Bertz CT molecular complexity index is 360. The highest BCUT2D eigenvalue weighted by Crippen LogP contribution is 2.37. The van der Waals surface area contributed by atoms with Crippen LogP contribution < -0.4 is 10.5 Å². The fourth-order valence-corrected chi connectivity index (χ4v) is 2.86. The Hall–Kier alpha value is -1.02. The highest BCUT2D eigenvalue weighted by Gasteiger charge is 2.27. The van der Waals surface area contributed by atoms with E-state index in [0.717, 1.165) is 24.7 Å². The van der Waals surface area contributed by atoms with Gasteiger partial charge in [-0.15, -0.1) is 0 Å². The van der Waals surface area contributed by atoms with Crippen LogP contribution in [0.4, 0.5) is 0 Å². The van der Waals surface area contributed by atoms with Gasteiger partial charge < -0.3 is 10.5 Å². The molecule has 0 radical (unpaired) electrons. The zero-order valence-electron chi connectivity index (χ0n) is 11.6. The molecule has 0 bridgehead atoms. The minimum absolute atomic E-state index is 0.190. The number of hydrogen-bond acceptors (Lipinski definition) is 2. The van der Waals surface area contributed by atoms with Gasteiger partial charge in [-0.05, 0) is 48.8 Å². The SMILES string of the molecule is CCCOc1ccc(C(N)C2CCC(C)C2)cc1. The van der Waals surface area contributed by atoms with Crippen molar-refractivity contribution in [3.8, 4) is 5.75 Å². The van der Waals surface area contributed by atoms with Gasteiger partial charge in [-0.2, -0.15) is 0 Å². The molecule has 0 amide bonds. The zero-order chi connectivity index (χ0) is 13.0. The van der Waals surface area contributed by atoms with E-state index in [1.165, 1.54) is 24.8 Å². The quantitative estimate of drug-likeness (QED) is 0.856. The molecule has 1 aromatic carbocycles. The number of rotatable bonds is 5. The van der Waals surface area contributed by atoms with Gasteiger partial charge in [0.15, 0.2) is 0 Å². The van der Waals surface area contributed by atoms with Crippen molar-refractivity contribution in [3.05, 3.63) is 29.8 Å². The van der Waals surface area contributed by atoms with E-state index in [9.17, 15) is 0 Å². The van der Waals surface area contributed by atoms with E-state index >= 15 is 0 Å². The van der Waals surface area contributed by atoms with Crippen molar-refractivity contribution >= 4 is 0 Å². The Morgan fingerprint density at radius 3 is 2.56 bits per heavy atom.